The zero-order chi connectivity index (χ0) is 13.1. The van der Waals surface area contributed by atoms with Crippen molar-refractivity contribution in [3.05, 3.63) is 12.2 Å². The van der Waals surface area contributed by atoms with E-state index < -0.39 is 8.32 Å². The minimum absolute atomic E-state index is 0.0188. The quantitative estimate of drug-likeness (QED) is 0.546. The maximum absolute atomic E-state index is 6.62. The van der Waals surface area contributed by atoms with Gasteiger partial charge in [0.25, 0.3) is 0 Å². The molecule has 0 unspecified atom stereocenters. The standard InChI is InChI=1S/C15H24O3Si/c1-19(2)15(14-16-9-10-17-14)8-4-6-11-5-3-7-12(18-19)13(11)15/h4,6,11-14H,3,5,7-10H2,1-2H3/t11-,12+,13-,15-/m0/s1. The molecule has 2 saturated heterocycles. The highest BCUT2D eigenvalue weighted by Crippen LogP contribution is 2.66. The van der Waals surface area contributed by atoms with Crippen molar-refractivity contribution in [1.29, 1.82) is 0 Å². The summed E-state index contributed by atoms with van der Waals surface area (Å²) in [6, 6.07) is 0. The Hall–Kier alpha value is -0.163. The van der Waals surface area contributed by atoms with E-state index in [0.717, 1.165) is 19.6 Å². The Kier molecular flexibility index (Phi) is 2.76. The van der Waals surface area contributed by atoms with Crippen LogP contribution in [0.1, 0.15) is 25.7 Å². The van der Waals surface area contributed by atoms with Crippen LogP contribution in [-0.2, 0) is 13.9 Å². The third-order valence-electron chi connectivity index (χ3n) is 5.93. The van der Waals surface area contributed by atoms with Gasteiger partial charge in [0.2, 0.25) is 0 Å². The van der Waals surface area contributed by atoms with Crippen LogP contribution < -0.4 is 0 Å². The largest absolute Gasteiger partial charge is 0.413 e. The molecule has 4 atom stereocenters. The lowest BCUT2D eigenvalue weighted by Crippen LogP contribution is -2.52. The van der Waals surface area contributed by atoms with Crippen LogP contribution in [0.2, 0.25) is 18.1 Å². The summed E-state index contributed by atoms with van der Waals surface area (Å²) >= 11 is 0. The maximum Gasteiger partial charge on any atom is 0.198 e. The van der Waals surface area contributed by atoms with Gasteiger partial charge in [-0.3, -0.25) is 0 Å². The Morgan fingerprint density at radius 2 is 1.95 bits per heavy atom. The zero-order valence-corrected chi connectivity index (χ0v) is 12.9. The molecule has 4 heteroatoms. The van der Waals surface area contributed by atoms with Gasteiger partial charge in [0.15, 0.2) is 14.6 Å². The Morgan fingerprint density at radius 1 is 1.16 bits per heavy atom. The molecule has 0 spiro atoms. The number of hydrogen-bond acceptors (Lipinski definition) is 3. The first-order valence-electron chi connectivity index (χ1n) is 7.73. The van der Waals surface area contributed by atoms with Crippen LogP contribution in [0.3, 0.4) is 0 Å². The van der Waals surface area contributed by atoms with Crippen LogP contribution in [0.4, 0.5) is 0 Å². The first-order chi connectivity index (χ1) is 9.15. The van der Waals surface area contributed by atoms with Crippen LogP contribution in [0, 0.1) is 11.8 Å². The molecular weight excluding hydrogens is 256 g/mol. The third kappa shape index (κ3) is 1.54. The molecule has 2 aliphatic heterocycles. The Bertz CT molecular complexity index is 402. The fourth-order valence-electron chi connectivity index (χ4n) is 5.15. The second kappa shape index (κ2) is 4.17. The summed E-state index contributed by atoms with van der Waals surface area (Å²) < 4.78 is 18.6. The van der Waals surface area contributed by atoms with Crippen molar-refractivity contribution >= 4 is 8.32 Å². The number of ether oxygens (including phenoxy) is 2. The van der Waals surface area contributed by atoms with Gasteiger partial charge in [0.1, 0.15) is 0 Å². The van der Waals surface area contributed by atoms with Crippen molar-refractivity contribution in [3.8, 4) is 0 Å². The molecule has 3 fully saturated rings. The molecule has 4 aliphatic rings. The Balaban J connectivity index is 1.81. The third-order valence-corrected chi connectivity index (χ3v) is 9.84. The zero-order valence-electron chi connectivity index (χ0n) is 11.9. The minimum atomic E-state index is -1.80. The van der Waals surface area contributed by atoms with E-state index in [2.05, 4.69) is 25.2 Å². The van der Waals surface area contributed by atoms with E-state index >= 15 is 0 Å². The van der Waals surface area contributed by atoms with Crippen LogP contribution >= 0.6 is 0 Å². The molecule has 3 nitrogen and oxygen atoms in total. The lowest BCUT2D eigenvalue weighted by molar-refractivity contribution is -0.102. The van der Waals surface area contributed by atoms with Gasteiger partial charge in [-0.05, 0) is 38.3 Å². The van der Waals surface area contributed by atoms with Crippen molar-refractivity contribution in [2.45, 2.75) is 56.2 Å². The van der Waals surface area contributed by atoms with Gasteiger partial charge in [-0.2, -0.15) is 0 Å². The fraction of sp³-hybridized carbons (Fsp3) is 0.867. The maximum atomic E-state index is 6.62. The van der Waals surface area contributed by atoms with E-state index in [4.69, 9.17) is 13.9 Å². The highest BCUT2D eigenvalue weighted by atomic mass is 28.4. The first kappa shape index (κ1) is 12.6. The molecule has 0 aromatic rings. The Labute approximate surface area is 116 Å². The van der Waals surface area contributed by atoms with Crippen molar-refractivity contribution in [1.82, 2.24) is 0 Å². The summed E-state index contributed by atoms with van der Waals surface area (Å²) in [7, 11) is -1.80. The fourth-order valence-corrected chi connectivity index (χ4v) is 8.94. The van der Waals surface area contributed by atoms with Gasteiger partial charge in [-0.25, -0.2) is 0 Å². The van der Waals surface area contributed by atoms with Gasteiger partial charge in [-0.15, -0.1) is 0 Å². The van der Waals surface area contributed by atoms with Gasteiger partial charge in [0.05, 0.1) is 13.2 Å². The molecule has 1 saturated carbocycles. The van der Waals surface area contributed by atoms with Crippen LogP contribution in [0.25, 0.3) is 0 Å². The summed E-state index contributed by atoms with van der Waals surface area (Å²) in [4.78, 5) is 0. The number of rotatable bonds is 1. The van der Waals surface area contributed by atoms with Gasteiger partial charge in [-0.1, -0.05) is 18.6 Å². The first-order valence-corrected chi connectivity index (χ1v) is 10.6. The lowest BCUT2D eigenvalue weighted by Gasteiger charge is -2.49. The minimum Gasteiger partial charge on any atom is -0.413 e. The molecule has 2 heterocycles. The van der Waals surface area contributed by atoms with E-state index in [0.29, 0.717) is 17.9 Å². The molecule has 0 radical (unpaired) electrons. The number of allylic oxidation sites excluding steroid dienone is 2. The van der Waals surface area contributed by atoms with Crippen molar-refractivity contribution in [2.75, 3.05) is 13.2 Å². The molecule has 2 aliphatic carbocycles. The highest BCUT2D eigenvalue weighted by Gasteiger charge is 2.69. The van der Waals surface area contributed by atoms with E-state index in [1.807, 2.05) is 0 Å². The number of hydrogen-bond donors (Lipinski definition) is 0. The van der Waals surface area contributed by atoms with E-state index in [-0.39, 0.29) is 11.3 Å². The highest BCUT2D eigenvalue weighted by molar-refractivity contribution is 6.75. The monoisotopic (exact) mass is 280 g/mol. The van der Waals surface area contributed by atoms with Gasteiger partial charge in [0, 0.05) is 17.1 Å². The average Bonchev–Trinajstić information content (AvgIpc) is 2.97. The van der Waals surface area contributed by atoms with Crippen molar-refractivity contribution in [2.24, 2.45) is 11.8 Å². The van der Waals surface area contributed by atoms with E-state index in [1.54, 1.807) is 0 Å². The average molecular weight is 280 g/mol. The normalized spacial score (nSPS) is 48.4. The Morgan fingerprint density at radius 3 is 2.74 bits per heavy atom. The summed E-state index contributed by atoms with van der Waals surface area (Å²) in [6.45, 7) is 6.27. The topological polar surface area (TPSA) is 27.7 Å². The van der Waals surface area contributed by atoms with Crippen molar-refractivity contribution < 1.29 is 13.9 Å². The summed E-state index contributed by atoms with van der Waals surface area (Å²) in [5.74, 6) is 1.32. The SMILES string of the molecule is C[Si]1(C)O[C@@H]2CCC[C@H]3C=CC[C@@]1(C1OCCO1)[C@@H]32. The van der Waals surface area contributed by atoms with Crippen LogP contribution in [0.5, 0.6) is 0 Å². The molecule has 0 bridgehead atoms. The van der Waals surface area contributed by atoms with E-state index in [1.165, 1.54) is 19.3 Å². The summed E-state index contributed by atoms with van der Waals surface area (Å²) in [6.07, 6.45) is 10.2. The molecular formula is C15H24O3Si. The molecule has 0 N–H and O–H groups in total. The summed E-state index contributed by atoms with van der Waals surface area (Å²) in [5.41, 5.74) is 0. The van der Waals surface area contributed by atoms with Crippen molar-refractivity contribution in [3.63, 3.8) is 0 Å². The molecule has 19 heavy (non-hydrogen) atoms. The molecule has 106 valence electrons. The molecule has 0 amide bonds. The van der Waals surface area contributed by atoms with Crippen LogP contribution in [-0.4, -0.2) is 33.9 Å². The van der Waals surface area contributed by atoms with Gasteiger partial charge >= 0.3 is 0 Å². The predicted molar refractivity (Wildman–Crippen MR) is 75.3 cm³/mol. The second-order valence-corrected chi connectivity index (χ2v) is 11.2. The second-order valence-electron chi connectivity index (χ2n) is 7.03. The van der Waals surface area contributed by atoms with Crippen LogP contribution in [0.15, 0.2) is 12.2 Å². The van der Waals surface area contributed by atoms with E-state index in [9.17, 15) is 0 Å². The van der Waals surface area contributed by atoms with Gasteiger partial charge < -0.3 is 13.9 Å². The lowest BCUT2D eigenvalue weighted by atomic mass is 9.66. The molecule has 4 rings (SSSR count). The summed E-state index contributed by atoms with van der Waals surface area (Å²) in [5, 5.41) is 0.147. The predicted octanol–water partition coefficient (Wildman–Crippen LogP) is 3.08. The molecule has 0 aromatic carbocycles. The molecule has 0 aromatic heterocycles. The smallest absolute Gasteiger partial charge is 0.198 e.